The molecule has 1 heterocycles. The lowest BCUT2D eigenvalue weighted by Crippen LogP contribution is -2.34. The number of hydrogen-bond acceptors (Lipinski definition) is 5. The maximum Gasteiger partial charge on any atom is 0.115 e. The number of hydrazine groups is 1. The first-order chi connectivity index (χ1) is 12.6. The molecular weight excluding hydrogens is 324 g/mol. The van der Waals surface area contributed by atoms with Crippen molar-refractivity contribution in [3.63, 3.8) is 0 Å². The van der Waals surface area contributed by atoms with Gasteiger partial charge < -0.3 is 15.7 Å². The lowest BCUT2D eigenvalue weighted by Gasteiger charge is -2.32. The standard InChI is InChI=1S/C21H28N4O/c22-19(16-25(23)20-6-2-1-3-7-20)11-14-24-12-9-17(10-13-24)18-5-4-8-21(26)15-18/h1-8,15-17,26H,9-14,22-23H2/b19-16-. The second-order valence-electron chi connectivity index (χ2n) is 6.91. The van der Waals surface area contributed by atoms with Crippen LogP contribution >= 0.6 is 0 Å². The number of nitrogens with two attached hydrogens (primary N) is 2. The summed E-state index contributed by atoms with van der Waals surface area (Å²) < 4.78 is 0. The molecule has 138 valence electrons. The maximum atomic E-state index is 9.65. The number of benzene rings is 2. The molecule has 1 aliphatic rings. The fourth-order valence-electron chi connectivity index (χ4n) is 3.47. The molecule has 5 heteroatoms. The summed E-state index contributed by atoms with van der Waals surface area (Å²) in [6, 6.07) is 17.4. The highest BCUT2D eigenvalue weighted by Gasteiger charge is 2.20. The Balaban J connectivity index is 1.45. The lowest BCUT2D eigenvalue weighted by atomic mass is 9.89. The summed E-state index contributed by atoms with van der Waals surface area (Å²) in [6.07, 6.45) is 4.83. The normalized spacial score (nSPS) is 16.6. The van der Waals surface area contributed by atoms with E-state index in [9.17, 15) is 5.11 Å². The van der Waals surface area contributed by atoms with Crippen molar-refractivity contribution < 1.29 is 5.11 Å². The van der Waals surface area contributed by atoms with Crippen LogP contribution in [0.3, 0.4) is 0 Å². The third-order valence-electron chi connectivity index (χ3n) is 5.01. The van der Waals surface area contributed by atoms with Gasteiger partial charge in [0.25, 0.3) is 0 Å². The second kappa shape index (κ2) is 8.74. The topological polar surface area (TPSA) is 78.8 Å². The molecule has 0 saturated carbocycles. The van der Waals surface area contributed by atoms with Gasteiger partial charge in [-0.3, -0.25) is 5.01 Å². The van der Waals surface area contributed by atoms with Crippen LogP contribution in [0.4, 0.5) is 5.69 Å². The summed E-state index contributed by atoms with van der Waals surface area (Å²) >= 11 is 0. The monoisotopic (exact) mass is 352 g/mol. The van der Waals surface area contributed by atoms with E-state index in [1.807, 2.05) is 42.5 Å². The Morgan fingerprint density at radius 2 is 1.85 bits per heavy atom. The van der Waals surface area contributed by atoms with E-state index in [2.05, 4.69) is 11.0 Å². The zero-order valence-corrected chi connectivity index (χ0v) is 15.1. The van der Waals surface area contributed by atoms with Gasteiger partial charge in [-0.05, 0) is 61.7 Å². The van der Waals surface area contributed by atoms with E-state index in [1.165, 1.54) is 5.56 Å². The average molecular weight is 352 g/mol. The van der Waals surface area contributed by atoms with Crippen molar-refractivity contribution in [1.29, 1.82) is 0 Å². The highest BCUT2D eigenvalue weighted by Crippen LogP contribution is 2.29. The number of phenols is 1. The number of phenolic OH excluding ortho intramolecular Hbond substituents is 1. The molecule has 26 heavy (non-hydrogen) atoms. The Bertz CT molecular complexity index is 724. The molecule has 1 aliphatic heterocycles. The molecule has 0 radical (unpaired) electrons. The summed E-state index contributed by atoms with van der Waals surface area (Å²) in [7, 11) is 0. The van der Waals surface area contributed by atoms with Crippen molar-refractivity contribution in [2.75, 3.05) is 24.6 Å². The van der Waals surface area contributed by atoms with Gasteiger partial charge >= 0.3 is 0 Å². The second-order valence-corrected chi connectivity index (χ2v) is 6.91. The predicted octanol–water partition coefficient (Wildman–Crippen LogP) is 3.14. The lowest BCUT2D eigenvalue weighted by molar-refractivity contribution is 0.214. The molecule has 2 aromatic carbocycles. The fourth-order valence-corrected chi connectivity index (χ4v) is 3.47. The van der Waals surface area contributed by atoms with Crippen molar-refractivity contribution >= 4 is 5.69 Å². The first-order valence-corrected chi connectivity index (χ1v) is 9.18. The number of para-hydroxylation sites is 1. The quantitative estimate of drug-likeness (QED) is 0.550. The van der Waals surface area contributed by atoms with Crippen LogP contribution < -0.4 is 16.6 Å². The molecule has 0 aliphatic carbocycles. The number of likely N-dealkylation sites (tertiary alicyclic amines) is 1. The molecule has 0 amide bonds. The molecule has 5 N–H and O–H groups in total. The molecule has 1 fully saturated rings. The van der Waals surface area contributed by atoms with Crippen LogP contribution in [0.25, 0.3) is 0 Å². The van der Waals surface area contributed by atoms with Crippen LogP contribution in [0.15, 0.2) is 66.5 Å². The summed E-state index contributed by atoms with van der Waals surface area (Å²) in [4.78, 5) is 2.45. The average Bonchev–Trinajstić information content (AvgIpc) is 2.67. The Kier molecular flexibility index (Phi) is 6.15. The summed E-state index contributed by atoms with van der Waals surface area (Å²) in [5.74, 6) is 6.93. The number of hydrogen-bond donors (Lipinski definition) is 3. The Morgan fingerprint density at radius 3 is 2.54 bits per heavy atom. The molecule has 3 rings (SSSR count). The van der Waals surface area contributed by atoms with Crippen molar-refractivity contribution in [2.45, 2.75) is 25.2 Å². The molecule has 0 aromatic heterocycles. The first-order valence-electron chi connectivity index (χ1n) is 9.18. The predicted molar refractivity (Wildman–Crippen MR) is 107 cm³/mol. The molecule has 0 bridgehead atoms. The fraction of sp³-hybridized carbons (Fsp3) is 0.333. The third kappa shape index (κ3) is 5.00. The van der Waals surface area contributed by atoms with E-state index in [1.54, 1.807) is 17.3 Å². The van der Waals surface area contributed by atoms with E-state index < -0.39 is 0 Å². The van der Waals surface area contributed by atoms with Gasteiger partial charge in [0.05, 0.1) is 5.69 Å². The van der Waals surface area contributed by atoms with Crippen molar-refractivity contribution in [1.82, 2.24) is 4.90 Å². The van der Waals surface area contributed by atoms with E-state index >= 15 is 0 Å². The third-order valence-corrected chi connectivity index (χ3v) is 5.01. The van der Waals surface area contributed by atoms with Gasteiger partial charge in [-0.1, -0.05) is 30.3 Å². The maximum absolute atomic E-state index is 9.65. The number of nitrogens with zero attached hydrogens (tertiary/aromatic N) is 2. The Labute approximate surface area is 155 Å². The molecule has 5 nitrogen and oxygen atoms in total. The molecule has 0 spiro atoms. The molecule has 0 unspecified atom stereocenters. The zero-order chi connectivity index (χ0) is 18.4. The number of aromatic hydroxyl groups is 1. The number of piperidine rings is 1. The van der Waals surface area contributed by atoms with E-state index in [-0.39, 0.29) is 0 Å². The molecule has 1 saturated heterocycles. The van der Waals surface area contributed by atoms with Crippen molar-refractivity contribution in [3.05, 3.63) is 72.1 Å². The van der Waals surface area contributed by atoms with Crippen LogP contribution in [0.1, 0.15) is 30.7 Å². The highest BCUT2D eigenvalue weighted by molar-refractivity contribution is 5.47. The minimum absolute atomic E-state index is 0.354. The minimum atomic E-state index is 0.354. The van der Waals surface area contributed by atoms with Crippen molar-refractivity contribution in [3.8, 4) is 5.75 Å². The Morgan fingerprint density at radius 1 is 1.12 bits per heavy atom. The molecule has 2 aromatic rings. The van der Waals surface area contributed by atoms with Gasteiger partial charge in [-0.25, -0.2) is 5.84 Å². The van der Waals surface area contributed by atoms with Crippen molar-refractivity contribution in [2.24, 2.45) is 11.6 Å². The van der Waals surface area contributed by atoms with E-state index in [0.29, 0.717) is 11.7 Å². The first kappa shape index (κ1) is 18.3. The van der Waals surface area contributed by atoms with E-state index in [4.69, 9.17) is 11.6 Å². The van der Waals surface area contributed by atoms with Gasteiger partial charge in [0.1, 0.15) is 5.75 Å². The summed E-state index contributed by atoms with van der Waals surface area (Å²) in [5, 5.41) is 11.2. The van der Waals surface area contributed by atoms with Crippen LogP contribution in [-0.4, -0.2) is 29.6 Å². The number of anilines is 1. The van der Waals surface area contributed by atoms with Crippen LogP contribution in [0.2, 0.25) is 0 Å². The van der Waals surface area contributed by atoms with Gasteiger partial charge in [0.15, 0.2) is 0 Å². The minimum Gasteiger partial charge on any atom is -0.508 e. The summed E-state index contributed by atoms with van der Waals surface area (Å²) in [5.41, 5.74) is 9.09. The number of rotatable bonds is 6. The van der Waals surface area contributed by atoms with Gasteiger partial charge in [0.2, 0.25) is 0 Å². The smallest absolute Gasteiger partial charge is 0.115 e. The van der Waals surface area contributed by atoms with Gasteiger partial charge in [-0.15, -0.1) is 0 Å². The molecule has 0 atom stereocenters. The van der Waals surface area contributed by atoms with Gasteiger partial charge in [-0.2, -0.15) is 0 Å². The molecular formula is C21H28N4O. The van der Waals surface area contributed by atoms with Crippen LogP contribution in [-0.2, 0) is 0 Å². The van der Waals surface area contributed by atoms with Crippen LogP contribution in [0, 0.1) is 0 Å². The SMILES string of the molecule is N/C(=C\N(N)c1ccccc1)CCN1CCC(c2cccc(O)c2)CC1. The highest BCUT2D eigenvalue weighted by atomic mass is 16.3. The Hall–Kier alpha value is -2.50. The summed E-state index contributed by atoms with van der Waals surface area (Å²) in [6.45, 7) is 3.05. The zero-order valence-electron chi connectivity index (χ0n) is 15.1. The van der Waals surface area contributed by atoms with Gasteiger partial charge in [0, 0.05) is 24.9 Å². The van der Waals surface area contributed by atoms with E-state index in [0.717, 1.165) is 50.3 Å². The largest absolute Gasteiger partial charge is 0.508 e. The van der Waals surface area contributed by atoms with Crippen LogP contribution in [0.5, 0.6) is 5.75 Å².